The Hall–Kier alpha value is -1.37. The van der Waals surface area contributed by atoms with Crippen molar-refractivity contribution in [3.63, 3.8) is 0 Å². The van der Waals surface area contributed by atoms with Gasteiger partial charge in [-0.2, -0.15) is 5.26 Å². The minimum atomic E-state index is -0.252. The Morgan fingerprint density at radius 1 is 1.33 bits per heavy atom. The number of nitrogens with zero attached hydrogens (tertiary/aromatic N) is 1. The molecule has 0 saturated carbocycles. The lowest BCUT2D eigenvalue weighted by Gasteiger charge is -2.23. The third kappa shape index (κ3) is 2.56. The van der Waals surface area contributed by atoms with Gasteiger partial charge in [0.15, 0.2) is 6.29 Å². The standard InChI is InChI=1S/C12H13NO2/c13-6-5-10-3-1-4-11(9-10)12-14-7-2-8-15-12/h1,3-4,9,12H,2,5,7-8H2. The Bertz CT molecular complexity index is 364. The van der Waals surface area contributed by atoms with Crippen LogP contribution in [-0.4, -0.2) is 13.2 Å². The average molecular weight is 203 g/mol. The molecule has 2 rings (SSSR count). The Labute approximate surface area is 89.2 Å². The van der Waals surface area contributed by atoms with Gasteiger partial charge in [-0.05, 0) is 18.1 Å². The van der Waals surface area contributed by atoms with E-state index in [0.717, 1.165) is 30.8 Å². The molecule has 3 heteroatoms. The van der Waals surface area contributed by atoms with Crippen LogP contribution in [0.15, 0.2) is 24.3 Å². The minimum Gasteiger partial charge on any atom is -0.348 e. The van der Waals surface area contributed by atoms with E-state index in [0.29, 0.717) is 6.42 Å². The van der Waals surface area contributed by atoms with Gasteiger partial charge in [0.25, 0.3) is 0 Å². The summed E-state index contributed by atoms with van der Waals surface area (Å²) in [4.78, 5) is 0. The van der Waals surface area contributed by atoms with E-state index >= 15 is 0 Å². The highest BCUT2D eigenvalue weighted by atomic mass is 16.7. The molecule has 1 heterocycles. The van der Waals surface area contributed by atoms with Gasteiger partial charge in [0.05, 0.1) is 25.7 Å². The van der Waals surface area contributed by atoms with Gasteiger partial charge in [-0.1, -0.05) is 18.2 Å². The molecule has 0 bridgehead atoms. The summed E-state index contributed by atoms with van der Waals surface area (Å²) in [5, 5.41) is 8.61. The van der Waals surface area contributed by atoms with E-state index in [1.807, 2.05) is 24.3 Å². The Morgan fingerprint density at radius 2 is 2.13 bits per heavy atom. The van der Waals surface area contributed by atoms with Crippen molar-refractivity contribution in [1.82, 2.24) is 0 Å². The molecule has 0 unspecified atom stereocenters. The largest absolute Gasteiger partial charge is 0.348 e. The third-order valence-corrected chi connectivity index (χ3v) is 2.33. The second kappa shape index (κ2) is 4.92. The lowest BCUT2D eigenvalue weighted by atomic mass is 10.1. The topological polar surface area (TPSA) is 42.2 Å². The molecule has 1 aliphatic heterocycles. The molecule has 3 nitrogen and oxygen atoms in total. The normalized spacial score (nSPS) is 17.3. The van der Waals surface area contributed by atoms with Crippen molar-refractivity contribution in [2.24, 2.45) is 0 Å². The summed E-state index contributed by atoms with van der Waals surface area (Å²) >= 11 is 0. The van der Waals surface area contributed by atoms with Crippen molar-refractivity contribution in [2.45, 2.75) is 19.1 Å². The number of benzene rings is 1. The number of rotatable bonds is 2. The van der Waals surface area contributed by atoms with Crippen LogP contribution in [0.25, 0.3) is 0 Å². The summed E-state index contributed by atoms with van der Waals surface area (Å²) in [6.07, 6.45) is 1.13. The summed E-state index contributed by atoms with van der Waals surface area (Å²) in [7, 11) is 0. The predicted molar refractivity (Wildman–Crippen MR) is 55.0 cm³/mol. The van der Waals surface area contributed by atoms with Crippen LogP contribution in [-0.2, 0) is 15.9 Å². The molecule has 1 saturated heterocycles. The van der Waals surface area contributed by atoms with Crippen molar-refractivity contribution >= 4 is 0 Å². The minimum absolute atomic E-state index is 0.252. The summed E-state index contributed by atoms with van der Waals surface area (Å²) in [5.41, 5.74) is 2.01. The SMILES string of the molecule is N#CCc1cccc(C2OCCCO2)c1. The van der Waals surface area contributed by atoms with E-state index in [1.54, 1.807) is 0 Å². The Kier molecular flexibility index (Phi) is 3.33. The average Bonchev–Trinajstić information content (AvgIpc) is 2.31. The summed E-state index contributed by atoms with van der Waals surface area (Å²) < 4.78 is 11.0. The molecule has 0 N–H and O–H groups in total. The van der Waals surface area contributed by atoms with Crippen LogP contribution in [0, 0.1) is 11.3 Å². The maximum Gasteiger partial charge on any atom is 0.183 e. The molecule has 1 aromatic rings. The first-order chi connectivity index (χ1) is 7.40. The lowest BCUT2D eigenvalue weighted by Crippen LogP contribution is -2.17. The Balaban J connectivity index is 2.13. The molecule has 0 aromatic heterocycles. The van der Waals surface area contributed by atoms with E-state index in [2.05, 4.69) is 6.07 Å². The van der Waals surface area contributed by atoms with Crippen LogP contribution in [0.3, 0.4) is 0 Å². The van der Waals surface area contributed by atoms with E-state index < -0.39 is 0 Å². The fraction of sp³-hybridized carbons (Fsp3) is 0.417. The lowest BCUT2D eigenvalue weighted by molar-refractivity contribution is -0.183. The van der Waals surface area contributed by atoms with Crippen LogP contribution in [0.5, 0.6) is 0 Å². The van der Waals surface area contributed by atoms with Crippen molar-refractivity contribution in [2.75, 3.05) is 13.2 Å². The van der Waals surface area contributed by atoms with Crippen LogP contribution >= 0.6 is 0 Å². The van der Waals surface area contributed by atoms with Crippen molar-refractivity contribution in [1.29, 1.82) is 5.26 Å². The fourth-order valence-corrected chi connectivity index (χ4v) is 1.62. The van der Waals surface area contributed by atoms with Crippen molar-refractivity contribution in [3.8, 4) is 6.07 Å². The monoisotopic (exact) mass is 203 g/mol. The number of hydrogen-bond donors (Lipinski definition) is 0. The highest BCUT2D eigenvalue weighted by Crippen LogP contribution is 2.23. The maximum absolute atomic E-state index is 8.61. The summed E-state index contributed by atoms with van der Waals surface area (Å²) in [6, 6.07) is 9.95. The number of hydrogen-bond acceptors (Lipinski definition) is 3. The van der Waals surface area contributed by atoms with Crippen LogP contribution in [0.1, 0.15) is 23.8 Å². The van der Waals surface area contributed by atoms with Crippen molar-refractivity contribution < 1.29 is 9.47 Å². The van der Waals surface area contributed by atoms with Gasteiger partial charge in [0, 0.05) is 5.56 Å². The number of nitriles is 1. The quantitative estimate of drug-likeness (QED) is 0.739. The molecule has 15 heavy (non-hydrogen) atoms. The molecule has 1 aliphatic rings. The molecule has 78 valence electrons. The van der Waals surface area contributed by atoms with Gasteiger partial charge in [0.2, 0.25) is 0 Å². The molecular formula is C12H13NO2. The van der Waals surface area contributed by atoms with E-state index in [9.17, 15) is 0 Å². The highest BCUT2D eigenvalue weighted by molar-refractivity contribution is 5.26. The molecule has 0 spiro atoms. The zero-order valence-corrected chi connectivity index (χ0v) is 8.48. The molecule has 0 amide bonds. The highest BCUT2D eigenvalue weighted by Gasteiger charge is 2.16. The second-order valence-electron chi connectivity index (χ2n) is 3.51. The predicted octanol–water partition coefficient (Wildman–Crippen LogP) is 2.19. The first-order valence-corrected chi connectivity index (χ1v) is 5.09. The van der Waals surface area contributed by atoms with Crippen molar-refractivity contribution in [3.05, 3.63) is 35.4 Å². The maximum atomic E-state index is 8.61. The van der Waals surface area contributed by atoms with Gasteiger partial charge in [-0.15, -0.1) is 0 Å². The molecule has 1 fully saturated rings. The smallest absolute Gasteiger partial charge is 0.183 e. The second-order valence-corrected chi connectivity index (χ2v) is 3.51. The van der Waals surface area contributed by atoms with Gasteiger partial charge < -0.3 is 9.47 Å². The van der Waals surface area contributed by atoms with Crippen LogP contribution in [0.2, 0.25) is 0 Å². The molecule has 0 atom stereocenters. The molecule has 1 aromatic carbocycles. The van der Waals surface area contributed by atoms with Gasteiger partial charge in [0.1, 0.15) is 0 Å². The van der Waals surface area contributed by atoms with E-state index in [4.69, 9.17) is 14.7 Å². The Morgan fingerprint density at radius 3 is 2.87 bits per heavy atom. The van der Waals surface area contributed by atoms with Gasteiger partial charge in [-0.3, -0.25) is 0 Å². The van der Waals surface area contributed by atoms with Crippen LogP contribution < -0.4 is 0 Å². The molecule has 0 aliphatic carbocycles. The summed E-state index contributed by atoms with van der Waals surface area (Å²) in [5.74, 6) is 0. The third-order valence-electron chi connectivity index (χ3n) is 2.33. The fourth-order valence-electron chi connectivity index (χ4n) is 1.62. The van der Waals surface area contributed by atoms with E-state index in [1.165, 1.54) is 0 Å². The molecule has 0 radical (unpaired) electrons. The molecular weight excluding hydrogens is 190 g/mol. The zero-order chi connectivity index (χ0) is 10.5. The number of ether oxygens (including phenoxy) is 2. The van der Waals surface area contributed by atoms with E-state index in [-0.39, 0.29) is 6.29 Å². The van der Waals surface area contributed by atoms with Crippen LogP contribution in [0.4, 0.5) is 0 Å². The first-order valence-electron chi connectivity index (χ1n) is 5.09. The summed E-state index contributed by atoms with van der Waals surface area (Å²) in [6.45, 7) is 1.49. The zero-order valence-electron chi connectivity index (χ0n) is 8.48. The van der Waals surface area contributed by atoms with Gasteiger partial charge in [-0.25, -0.2) is 0 Å². The van der Waals surface area contributed by atoms with Gasteiger partial charge >= 0.3 is 0 Å². The first kappa shape index (κ1) is 10.2.